The fraction of sp³-hybridized carbons (Fsp3) is 0.318. The highest BCUT2D eigenvalue weighted by Crippen LogP contribution is 2.44. The predicted molar refractivity (Wildman–Crippen MR) is 125 cm³/mol. The van der Waals surface area contributed by atoms with Crippen molar-refractivity contribution in [2.75, 3.05) is 25.3 Å². The molecule has 0 unspecified atom stereocenters. The standard InChI is InChI=1S/C22H23N3O4S2/c1-4-9-25-21(27)19-15(13-5-6-13)11-30-20(19)24-22(25)31-12-18(26)23-14-7-8-16(28-2)17(10-14)29-3/h4,7-8,10-11,13H,1,5-6,9,12H2,2-3H3,(H,23,26). The normalized spacial score (nSPS) is 13.2. The van der Waals surface area contributed by atoms with E-state index in [9.17, 15) is 9.59 Å². The highest BCUT2D eigenvalue weighted by molar-refractivity contribution is 7.99. The van der Waals surface area contributed by atoms with Gasteiger partial charge in [-0.05, 0) is 41.8 Å². The Morgan fingerprint density at radius 2 is 2.13 bits per heavy atom. The van der Waals surface area contributed by atoms with Crippen molar-refractivity contribution in [2.45, 2.75) is 30.5 Å². The molecule has 162 valence electrons. The van der Waals surface area contributed by atoms with Crippen molar-refractivity contribution in [1.82, 2.24) is 9.55 Å². The third-order valence-electron chi connectivity index (χ3n) is 5.02. The van der Waals surface area contributed by atoms with E-state index in [-0.39, 0.29) is 17.2 Å². The molecule has 2 heterocycles. The topological polar surface area (TPSA) is 82.5 Å². The molecule has 0 radical (unpaired) electrons. The lowest BCUT2D eigenvalue weighted by molar-refractivity contribution is -0.113. The van der Waals surface area contributed by atoms with Crippen LogP contribution in [0.3, 0.4) is 0 Å². The number of ether oxygens (including phenoxy) is 2. The molecule has 2 aromatic heterocycles. The number of aromatic nitrogens is 2. The highest BCUT2D eigenvalue weighted by Gasteiger charge is 2.28. The van der Waals surface area contributed by atoms with Crippen LogP contribution in [0.4, 0.5) is 5.69 Å². The molecule has 0 saturated heterocycles. The minimum Gasteiger partial charge on any atom is -0.493 e. The van der Waals surface area contributed by atoms with Gasteiger partial charge in [0.2, 0.25) is 5.91 Å². The Hall–Kier alpha value is -2.78. The summed E-state index contributed by atoms with van der Waals surface area (Å²) in [6.07, 6.45) is 3.92. The number of fused-ring (bicyclic) bond motifs is 1. The number of thioether (sulfide) groups is 1. The Bertz CT molecular complexity index is 1200. The summed E-state index contributed by atoms with van der Waals surface area (Å²) in [4.78, 5) is 31.1. The third-order valence-corrected chi connectivity index (χ3v) is 6.88. The molecule has 0 aliphatic heterocycles. The number of thiophene rings is 1. The molecule has 0 atom stereocenters. The van der Waals surface area contributed by atoms with Crippen molar-refractivity contribution in [2.24, 2.45) is 0 Å². The van der Waals surface area contributed by atoms with Crippen molar-refractivity contribution in [3.8, 4) is 11.5 Å². The summed E-state index contributed by atoms with van der Waals surface area (Å²) < 4.78 is 12.1. The van der Waals surface area contributed by atoms with Gasteiger partial charge in [0.05, 0.1) is 25.4 Å². The maximum Gasteiger partial charge on any atom is 0.263 e. The summed E-state index contributed by atoms with van der Waals surface area (Å²) in [5.41, 5.74) is 1.65. The molecule has 4 rings (SSSR count). The van der Waals surface area contributed by atoms with E-state index in [1.807, 2.05) is 5.38 Å². The Kier molecular flexibility index (Phi) is 6.33. The molecule has 1 aromatic carbocycles. The van der Waals surface area contributed by atoms with E-state index in [2.05, 4.69) is 11.9 Å². The molecular formula is C22H23N3O4S2. The number of rotatable bonds is 9. The maximum atomic E-state index is 13.2. The Morgan fingerprint density at radius 1 is 1.35 bits per heavy atom. The molecule has 7 nitrogen and oxygen atoms in total. The number of anilines is 1. The van der Waals surface area contributed by atoms with Crippen molar-refractivity contribution in [1.29, 1.82) is 0 Å². The minimum atomic E-state index is -0.207. The van der Waals surface area contributed by atoms with Crippen LogP contribution in [0.2, 0.25) is 0 Å². The van der Waals surface area contributed by atoms with Crippen LogP contribution < -0.4 is 20.3 Å². The van der Waals surface area contributed by atoms with Gasteiger partial charge in [0.25, 0.3) is 5.56 Å². The van der Waals surface area contributed by atoms with Crippen LogP contribution in [0.15, 0.2) is 46.2 Å². The first-order valence-corrected chi connectivity index (χ1v) is 11.7. The van der Waals surface area contributed by atoms with Gasteiger partial charge in [0, 0.05) is 18.3 Å². The average molecular weight is 458 g/mol. The van der Waals surface area contributed by atoms with Crippen LogP contribution in [0.1, 0.15) is 24.3 Å². The second-order valence-corrected chi connectivity index (χ2v) is 8.95. The summed E-state index contributed by atoms with van der Waals surface area (Å²) >= 11 is 2.73. The second kappa shape index (κ2) is 9.15. The van der Waals surface area contributed by atoms with Gasteiger partial charge in [-0.1, -0.05) is 17.8 Å². The third kappa shape index (κ3) is 4.47. The van der Waals surface area contributed by atoms with Crippen LogP contribution in [-0.4, -0.2) is 35.4 Å². The van der Waals surface area contributed by atoms with Gasteiger partial charge < -0.3 is 14.8 Å². The zero-order chi connectivity index (χ0) is 22.0. The lowest BCUT2D eigenvalue weighted by atomic mass is 10.1. The van der Waals surface area contributed by atoms with Gasteiger partial charge in [-0.2, -0.15) is 0 Å². The van der Waals surface area contributed by atoms with E-state index in [1.54, 1.807) is 43.1 Å². The van der Waals surface area contributed by atoms with Crippen LogP contribution >= 0.6 is 23.1 Å². The second-order valence-electron chi connectivity index (χ2n) is 7.15. The monoisotopic (exact) mass is 457 g/mol. The van der Waals surface area contributed by atoms with Gasteiger partial charge in [-0.25, -0.2) is 4.98 Å². The number of benzene rings is 1. The molecule has 9 heteroatoms. The van der Waals surface area contributed by atoms with E-state index < -0.39 is 0 Å². The Morgan fingerprint density at radius 3 is 2.81 bits per heavy atom. The number of nitrogens with zero attached hydrogens (tertiary/aromatic N) is 2. The molecule has 1 fully saturated rings. The minimum absolute atomic E-state index is 0.0594. The molecular weight excluding hydrogens is 434 g/mol. The van der Waals surface area contributed by atoms with E-state index in [0.29, 0.717) is 40.2 Å². The zero-order valence-corrected chi connectivity index (χ0v) is 19.0. The number of amides is 1. The van der Waals surface area contributed by atoms with Gasteiger partial charge in [-0.15, -0.1) is 17.9 Å². The fourth-order valence-electron chi connectivity index (χ4n) is 3.36. The highest BCUT2D eigenvalue weighted by atomic mass is 32.2. The molecule has 0 bridgehead atoms. The quantitative estimate of drug-likeness (QED) is 0.294. The summed E-state index contributed by atoms with van der Waals surface area (Å²) in [5, 5.41) is 6.12. The SMILES string of the molecule is C=CCn1c(SCC(=O)Nc2ccc(OC)c(OC)c2)nc2scc(C3CC3)c2c1=O. The fourth-order valence-corrected chi connectivity index (χ4v) is 5.23. The van der Waals surface area contributed by atoms with E-state index in [1.165, 1.54) is 23.1 Å². The molecule has 1 saturated carbocycles. The Labute approximate surface area is 188 Å². The van der Waals surface area contributed by atoms with Crippen LogP contribution in [0.5, 0.6) is 11.5 Å². The van der Waals surface area contributed by atoms with E-state index >= 15 is 0 Å². The van der Waals surface area contributed by atoms with Gasteiger partial charge in [0.1, 0.15) is 4.83 Å². The predicted octanol–water partition coefficient (Wildman–Crippen LogP) is 4.27. The van der Waals surface area contributed by atoms with Crippen LogP contribution in [0.25, 0.3) is 10.2 Å². The number of hydrogen-bond donors (Lipinski definition) is 1. The number of allylic oxidation sites excluding steroid dienone is 1. The lowest BCUT2D eigenvalue weighted by Crippen LogP contribution is -2.24. The zero-order valence-electron chi connectivity index (χ0n) is 17.3. The number of carbonyl (C=O) groups is 1. The first-order valence-electron chi connectivity index (χ1n) is 9.83. The molecule has 3 aromatic rings. The maximum absolute atomic E-state index is 13.2. The van der Waals surface area contributed by atoms with Crippen molar-refractivity contribution < 1.29 is 14.3 Å². The molecule has 1 amide bonds. The number of hydrogen-bond acceptors (Lipinski definition) is 7. The molecule has 1 aliphatic rings. The van der Waals surface area contributed by atoms with Crippen LogP contribution in [0, 0.1) is 0 Å². The van der Waals surface area contributed by atoms with E-state index in [4.69, 9.17) is 14.5 Å². The molecule has 1 N–H and O–H groups in total. The van der Waals surface area contributed by atoms with Crippen LogP contribution in [-0.2, 0) is 11.3 Å². The number of methoxy groups -OCH3 is 2. The van der Waals surface area contributed by atoms with Gasteiger partial charge in [-0.3, -0.25) is 14.2 Å². The summed E-state index contributed by atoms with van der Waals surface area (Å²) in [5.74, 6) is 1.50. The number of carbonyl (C=O) groups excluding carboxylic acids is 1. The van der Waals surface area contributed by atoms with Crippen molar-refractivity contribution >= 4 is 44.9 Å². The Balaban J connectivity index is 1.53. The first-order chi connectivity index (χ1) is 15.0. The van der Waals surface area contributed by atoms with E-state index in [0.717, 1.165) is 23.2 Å². The number of nitrogens with one attached hydrogen (secondary N) is 1. The summed E-state index contributed by atoms with van der Waals surface area (Å²) in [6, 6.07) is 5.17. The average Bonchev–Trinajstić information content (AvgIpc) is 3.53. The molecule has 1 aliphatic carbocycles. The molecule has 31 heavy (non-hydrogen) atoms. The summed E-state index contributed by atoms with van der Waals surface area (Å²) in [6.45, 7) is 4.11. The lowest BCUT2D eigenvalue weighted by Gasteiger charge is -2.12. The first kappa shape index (κ1) is 21.5. The van der Waals surface area contributed by atoms with Crippen molar-refractivity contribution in [3.63, 3.8) is 0 Å². The van der Waals surface area contributed by atoms with Crippen molar-refractivity contribution in [3.05, 3.63) is 52.2 Å². The van der Waals surface area contributed by atoms with Gasteiger partial charge in [0.15, 0.2) is 16.7 Å². The largest absolute Gasteiger partial charge is 0.493 e. The summed E-state index contributed by atoms with van der Waals surface area (Å²) in [7, 11) is 3.10. The molecule has 0 spiro atoms. The smallest absolute Gasteiger partial charge is 0.263 e. The van der Waals surface area contributed by atoms with Gasteiger partial charge >= 0.3 is 0 Å².